The highest BCUT2D eigenvalue weighted by Gasteiger charge is 2.46. The smallest absolute Gasteiger partial charge is 0.150 e. The van der Waals surface area contributed by atoms with Crippen molar-refractivity contribution in [2.45, 2.75) is 70.5 Å². The van der Waals surface area contributed by atoms with Gasteiger partial charge in [-0.2, -0.15) is 0 Å². The van der Waals surface area contributed by atoms with Crippen LogP contribution in [0.1, 0.15) is 58.4 Å². The van der Waals surface area contributed by atoms with Crippen molar-refractivity contribution in [3.05, 3.63) is 65.1 Å². The molecule has 3 aromatic rings. The molecule has 6 nitrogen and oxygen atoms in total. The van der Waals surface area contributed by atoms with Gasteiger partial charge < -0.3 is 15.0 Å². The molecule has 3 saturated heterocycles. The summed E-state index contributed by atoms with van der Waals surface area (Å²) < 4.78 is 22.2. The van der Waals surface area contributed by atoms with Gasteiger partial charge in [-0.05, 0) is 55.7 Å². The lowest BCUT2D eigenvalue weighted by molar-refractivity contribution is 0.0223. The Labute approximate surface area is 254 Å². The van der Waals surface area contributed by atoms with E-state index in [9.17, 15) is 0 Å². The molecule has 3 aliphatic heterocycles. The molecular formula is C34H43ClFN5O. The van der Waals surface area contributed by atoms with E-state index in [4.69, 9.17) is 21.3 Å². The monoisotopic (exact) mass is 591 g/mol. The molecule has 224 valence electrons. The Balaban J connectivity index is 1.28. The largest absolute Gasteiger partial charge is 0.357 e. The molecule has 0 radical (unpaired) electrons. The first-order valence-electron chi connectivity index (χ1n) is 15.4. The maximum absolute atomic E-state index is 15.9. The van der Waals surface area contributed by atoms with Crippen LogP contribution in [0.5, 0.6) is 0 Å². The van der Waals surface area contributed by atoms with Crippen molar-refractivity contribution in [2.75, 3.05) is 40.0 Å². The van der Waals surface area contributed by atoms with E-state index in [1.807, 2.05) is 36.4 Å². The molecular weight excluding hydrogens is 549 g/mol. The average Bonchev–Trinajstić information content (AvgIpc) is 3.41. The van der Waals surface area contributed by atoms with Gasteiger partial charge in [0.15, 0.2) is 0 Å². The van der Waals surface area contributed by atoms with Crippen molar-refractivity contribution in [3.8, 4) is 11.3 Å². The number of amidine groups is 1. The van der Waals surface area contributed by atoms with Gasteiger partial charge >= 0.3 is 0 Å². The lowest BCUT2D eigenvalue weighted by Crippen LogP contribution is -2.53. The molecule has 0 saturated carbocycles. The first kappa shape index (κ1) is 29.5. The number of rotatable bonds is 8. The van der Waals surface area contributed by atoms with Crippen LogP contribution in [0.2, 0.25) is 5.02 Å². The van der Waals surface area contributed by atoms with E-state index in [1.54, 1.807) is 12.3 Å². The highest BCUT2D eigenvalue weighted by Crippen LogP contribution is 2.43. The number of nitrogens with one attached hydrogen (secondary N) is 1. The van der Waals surface area contributed by atoms with Crippen molar-refractivity contribution in [2.24, 2.45) is 10.4 Å². The van der Waals surface area contributed by atoms with E-state index in [2.05, 4.69) is 47.9 Å². The van der Waals surface area contributed by atoms with E-state index in [0.29, 0.717) is 40.5 Å². The molecule has 4 heterocycles. The summed E-state index contributed by atoms with van der Waals surface area (Å²) in [6.45, 7) is 10.5. The summed E-state index contributed by atoms with van der Waals surface area (Å²) in [5, 5.41) is 6.04. The number of hydrogen-bond donors (Lipinski definition) is 1. The maximum Gasteiger partial charge on any atom is 0.150 e. The molecule has 0 spiro atoms. The standard InChI is InChI=1S/C34H43ClFN5O/c1-5-14-34(19-33(2,3)20-40(34)4)21-42-22-38-32(41-17-25-12-13-26(18-41)39-25)24-15-29(36)31(37-16-24)27-10-6-8-23-9-7-11-28(35)30(23)27/h6-11,15-16,25-26,39H,5,12-14,17-22H2,1-4H3/b38-32+. The predicted octanol–water partition coefficient (Wildman–Crippen LogP) is 6.75. The SMILES string of the molecule is CCCC1(COC/N=C(\c2cnc(-c3cccc4cccc(Cl)c34)c(F)c2)N2CC3CCC(C2)N3)CC(C)(C)CN1C. The van der Waals surface area contributed by atoms with Crippen molar-refractivity contribution in [1.82, 2.24) is 20.1 Å². The molecule has 0 amide bonds. The summed E-state index contributed by atoms with van der Waals surface area (Å²) in [6, 6.07) is 13.9. The molecule has 1 N–H and O–H groups in total. The Bertz CT molecular complexity index is 1460. The fourth-order valence-corrected chi connectivity index (χ4v) is 8.09. The Morgan fingerprint density at radius 1 is 1.17 bits per heavy atom. The zero-order valence-electron chi connectivity index (χ0n) is 25.3. The second-order valence-electron chi connectivity index (χ2n) is 13.4. The third-order valence-electron chi connectivity index (χ3n) is 9.40. The van der Waals surface area contributed by atoms with Crippen molar-refractivity contribution in [1.29, 1.82) is 0 Å². The minimum absolute atomic E-state index is 0.0249. The van der Waals surface area contributed by atoms with E-state index < -0.39 is 0 Å². The van der Waals surface area contributed by atoms with Crippen LogP contribution >= 0.6 is 11.6 Å². The summed E-state index contributed by atoms with van der Waals surface area (Å²) in [7, 11) is 2.22. The Morgan fingerprint density at radius 2 is 1.90 bits per heavy atom. The molecule has 8 heteroatoms. The van der Waals surface area contributed by atoms with Gasteiger partial charge in [-0.25, -0.2) is 9.38 Å². The summed E-state index contributed by atoms with van der Waals surface area (Å²) in [4.78, 5) is 14.4. The van der Waals surface area contributed by atoms with Gasteiger partial charge in [0.05, 0.1) is 6.61 Å². The number of fused-ring (bicyclic) bond motifs is 3. The third-order valence-corrected chi connectivity index (χ3v) is 9.71. The van der Waals surface area contributed by atoms with Crippen LogP contribution in [-0.4, -0.2) is 78.3 Å². The summed E-state index contributed by atoms with van der Waals surface area (Å²) in [5.74, 6) is 0.371. The van der Waals surface area contributed by atoms with Crippen LogP contribution < -0.4 is 5.32 Å². The predicted molar refractivity (Wildman–Crippen MR) is 170 cm³/mol. The number of aromatic nitrogens is 1. The number of piperazine rings is 1. The molecule has 0 aliphatic carbocycles. The van der Waals surface area contributed by atoms with E-state index >= 15 is 4.39 Å². The second kappa shape index (κ2) is 11.8. The van der Waals surface area contributed by atoms with Crippen molar-refractivity contribution in [3.63, 3.8) is 0 Å². The number of halogens is 2. The first-order valence-corrected chi connectivity index (χ1v) is 15.7. The van der Waals surface area contributed by atoms with Gasteiger partial charge in [0.2, 0.25) is 0 Å². The fraction of sp³-hybridized carbons (Fsp3) is 0.529. The van der Waals surface area contributed by atoms with Gasteiger partial charge in [-0.15, -0.1) is 0 Å². The van der Waals surface area contributed by atoms with E-state index in [0.717, 1.165) is 68.3 Å². The van der Waals surface area contributed by atoms with E-state index in [1.165, 1.54) is 0 Å². The first-order chi connectivity index (χ1) is 20.2. The number of hydrogen-bond acceptors (Lipinski definition) is 5. The van der Waals surface area contributed by atoms with Crippen LogP contribution in [0.25, 0.3) is 22.0 Å². The van der Waals surface area contributed by atoms with Gasteiger partial charge in [0, 0.05) is 65.0 Å². The molecule has 2 aromatic carbocycles. The van der Waals surface area contributed by atoms with Gasteiger partial charge in [-0.1, -0.05) is 69.1 Å². The van der Waals surface area contributed by atoms with Crippen LogP contribution in [0.3, 0.4) is 0 Å². The number of aliphatic imine (C=N–C) groups is 1. The Hall–Kier alpha value is -2.58. The lowest BCUT2D eigenvalue weighted by Gasteiger charge is -2.36. The van der Waals surface area contributed by atoms with Crippen LogP contribution in [0, 0.1) is 11.2 Å². The van der Waals surface area contributed by atoms with Crippen LogP contribution in [0.15, 0.2) is 53.7 Å². The van der Waals surface area contributed by atoms with Gasteiger partial charge in [0.1, 0.15) is 24.1 Å². The topological polar surface area (TPSA) is 53.0 Å². The van der Waals surface area contributed by atoms with E-state index in [-0.39, 0.29) is 23.5 Å². The zero-order valence-corrected chi connectivity index (χ0v) is 26.1. The molecule has 3 aliphatic rings. The van der Waals surface area contributed by atoms with Crippen LogP contribution in [0.4, 0.5) is 4.39 Å². The van der Waals surface area contributed by atoms with Gasteiger partial charge in [-0.3, -0.25) is 9.88 Å². The lowest BCUT2D eigenvalue weighted by atomic mass is 9.82. The van der Waals surface area contributed by atoms with Crippen molar-refractivity contribution >= 4 is 28.2 Å². The fourth-order valence-electron chi connectivity index (χ4n) is 7.81. The maximum atomic E-state index is 15.9. The number of benzene rings is 2. The van der Waals surface area contributed by atoms with Gasteiger partial charge in [0.25, 0.3) is 0 Å². The quantitative estimate of drug-likeness (QED) is 0.178. The Kier molecular flexibility index (Phi) is 8.31. The minimum atomic E-state index is -0.386. The number of pyridine rings is 1. The average molecular weight is 592 g/mol. The zero-order chi connectivity index (χ0) is 29.5. The second-order valence-corrected chi connectivity index (χ2v) is 13.8. The normalized spacial score (nSPS) is 26.0. The molecule has 42 heavy (non-hydrogen) atoms. The Morgan fingerprint density at radius 3 is 2.57 bits per heavy atom. The molecule has 3 atom stereocenters. The number of likely N-dealkylation sites (N-methyl/N-ethyl adjacent to an activating group) is 1. The van der Waals surface area contributed by atoms with Crippen molar-refractivity contribution < 1.29 is 9.13 Å². The third kappa shape index (κ3) is 5.81. The summed E-state index contributed by atoms with van der Waals surface area (Å²) >= 11 is 6.55. The molecule has 3 fully saturated rings. The summed E-state index contributed by atoms with van der Waals surface area (Å²) in [5.41, 5.74) is 1.95. The highest BCUT2D eigenvalue weighted by atomic mass is 35.5. The molecule has 3 unspecified atom stereocenters. The number of nitrogens with zero attached hydrogens (tertiary/aromatic N) is 4. The highest BCUT2D eigenvalue weighted by molar-refractivity contribution is 6.36. The molecule has 6 rings (SSSR count). The van der Waals surface area contributed by atoms with Crippen LogP contribution in [-0.2, 0) is 4.74 Å². The number of ether oxygens (including phenoxy) is 1. The number of likely N-dealkylation sites (tertiary alicyclic amines) is 2. The molecule has 1 aromatic heterocycles. The molecule has 2 bridgehead atoms. The minimum Gasteiger partial charge on any atom is -0.357 e. The summed E-state index contributed by atoms with van der Waals surface area (Å²) in [6.07, 6.45) is 7.38.